The van der Waals surface area contributed by atoms with E-state index in [0.717, 1.165) is 23.2 Å². The summed E-state index contributed by atoms with van der Waals surface area (Å²) in [5.74, 6) is 0.677. The number of guanidine groups is 1. The molecular weight excluding hydrogens is 453 g/mol. The third-order valence-electron chi connectivity index (χ3n) is 4.17. The van der Waals surface area contributed by atoms with E-state index in [-0.39, 0.29) is 24.0 Å². The molecule has 27 heavy (non-hydrogen) atoms. The van der Waals surface area contributed by atoms with Gasteiger partial charge in [0.05, 0.1) is 19.7 Å². The van der Waals surface area contributed by atoms with Crippen molar-refractivity contribution in [2.45, 2.75) is 32.6 Å². The zero-order chi connectivity index (χ0) is 18.8. The van der Waals surface area contributed by atoms with Gasteiger partial charge in [0.25, 0.3) is 0 Å². The number of aliphatic hydroxyl groups is 1. The average molecular weight is 483 g/mol. The zero-order valence-electron chi connectivity index (χ0n) is 16.2. The fraction of sp³-hybridized carbons (Fsp3) is 0.381. The van der Waals surface area contributed by atoms with Crippen LogP contribution in [0.15, 0.2) is 59.6 Å². The molecule has 0 radical (unpaired) electrons. The van der Waals surface area contributed by atoms with Crippen molar-refractivity contribution in [3.63, 3.8) is 0 Å². The lowest BCUT2D eigenvalue weighted by Crippen LogP contribution is -2.44. The maximum Gasteiger partial charge on any atom is 0.191 e. The second-order valence-electron chi connectivity index (χ2n) is 6.39. The third kappa shape index (κ3) is 7.48. The largest absolute Gasteiger partial charge is 0.384 e. The van der Waals surface area contributed by atoms with Gasteiger partial charge in [0.1, 0.15) is 5.60 Å². The average Bonchev–Trinajstić information content (AvgIpc) is 2.66. The van der Waals surface area contributed by atoms with Gasteiger partial charge in [0.2, 0.25) is 0 Å². The van der Waals surface area contributed by atoms with Crippen LogP contribution < -0.4 is 10.6 Å². The molecule has 5 nitrogen and oxygen atoms in total. The summed E-state index contributed by atoms with van der Waals surface area (Å²) in [5.41, 5.74) is 2.15. The number of halogens is 1. The van der Waals surface area contributed by atoms with Crippen LogP contribution in [-0.4, -0.2) is 31.3 Å². The highest BCUT2D eigenvalue weighted by atomic mass is 127. The zero-order valence-corrected chi connectivity index (χ0v) is 18.6. The quantitative estimate of drug-likeness (QED) is 0.306. The van der Waals surface area contributed by atoms with Crippen LogP contribution in [0.4, 0.5) is 0 Å². The van der Waals surface area contributed by atoms with Gasteiger partial charge in [-0.15, -0.1) is 24.0 Å². The minimum Gasteiger partial charge on any atom is -0.384 e. The van der Waals surface area contributed by atoms with Gasteiger partial charge in [-0.1, -0.05) is 54.6 Å². The van der Waals surface area contributed by atoms with Crippen molar-refractivity contribution in [2.75, 3.05) is 20.2 Å². The fourth-order valence-electron chi connectivity index (χ4n) is 2.67. The van der Waals surface area contributed by atoms with E-state index in [1.54, 1.807) is 14.0 Å². The van der Waals surface area contributed by atoms with Gasteiger partial charge in [-0.25, -0.2) is 4.99 Å². The van der Waals surface area contributed by atoms with Crippen LogP contribution in [0.25, 0.3) is 0 Å². The topological polar surface area (TPSA) is 65.9 Å². The Morgan fingerprint density at radius 1 is 1.04 bits per heavy atom. The molecule has 0 bridgehead atoms. The monoisotopic (exact) mass is 483 g/mol. The summed E-state index contributed by atoms with van der Waals surface area (Å²) in [6, 6.07) is 17.8. The van der Waals surface area contributed by atoms with E-state index in [4.69, 9.17) is 4.74 Å². The maximum absolute atomic E-state index is 10.7. The molecule has 3 N–H and O–H groups in total. The number of nitrogens with one attached hydrogen (secondary N) is 2. The molecule has 0 amide bonds. The number of benzene rings is 2. The molecule has 2 aromatic rings. The van der Waals surface area contributed by atoms with Gasteiger partial charge in [-0.2, -0.15) is 0 Å². The minimum atomic E-state index is -0.981. The first kappa shape index (κ1) is 23.4. The molecule has 0 aliphatic carbocycles. The molecule has 1 unspecified atom stereocenters. The van der Waals surface area contributed by atoms with Crippen LogP contribution in [-0.2, 0) is 23.5 Å². The van der Waals surface area contributed by atoms with Crippen LogP contribution >= 0.6 is 24.0 Å². The number of hydrogen-bond donors (Lipinski definition) is 3. The number of methoxy groups -OCH3 is 1. The van der Waals surface area contributed by atoms with Crippen LogP contribution in [0.5, 0.6) is 0 Å². The second-order valence-corrected chi connectivity index (χ2v) is 6.39. The third-order valence-corrected chi connectivity index (χ3v) is 4.17. The predicted molar refractivity (Wildman–Crippen MR) is 121 cm³/mol. The first-order chi connectivity index (χ1) is 12.6. The van der Waals surface area contributed by atoms with Crippen LogP contribution in [0.2, 0.25) is 0 Å². The van der Waals surface area contributed by atoms with Crippen molar-refractivity contribution in [1.82, 2.24) is 10.6 Å². The van der Waals surface area contributed by atoms with E-state index in [1.807, 2.05) is 49.4 Å². The number of nitrogens with zero attached hydrogens (tertiary/aromatic N) is 1. The molecule has 2 rings (SSSR count). The summed E-state index contributed by atoms with van der Waals surface area (Å²) in [4.78, 5) is 4.65. The molecular formula is C21H30IN3O2. The summed E-state index contributed by atoms with van der Waals surface area (Å²) < 4.78 is 5.25. The molecule has 148 valence electrons. The highest BCUT2D eigenvalue weighted by molar-refractivity contribution is 14.0. The van der Waals surface area contributed by atoms with Crippen molar-refractivity contribution in [3.05, 3.63) is 71.3 Å². The lowest BCUT2D eigenvalue weighted by atomic mass is 9.96. The number of hydrogen-bond acceptors (Lipinski definition) is 3. The van der Waals surface area contributed by atoms with E-state index >= 15 is 0 Å². The highest BCUT2D eigenvalue weighted by Gasteiger charge is 2.22. The van der Waals surface area contributed by atoms with Crippen LogP contribution in [0.3, 0.4) is 0 Å². The predicted octanol–water partition coefficient (Wildman–Crippen LogP) is 3.41. The molecule has 2 aromatic carbocycles. The summed E-state index contributed by atoms with van der Waals surface area (Å²) in [6.45, 7) is 6.04. The minimum absolute atomic E-state index is 0. The summed E-state index contributed by atoms with van der Waals surface area (Å²) >= 11 is 0. The standard InChI is InChI=1S/C21H29N3O2.HI/c1-4-22-20(23-14-17-10-8-9-11-18(17)15-26-3)24-16-21(2,25)19-12-6-5-7-13-19;/h5-13,25H,4,14-16H2,1-3H3,(H2,22,23,24);1H. The molecule has 0 heterocycles. The van der Waals surface area contributed by atoms with Crippen molar-refractivity contribution in [1.29, 1.82) is 0 Å². The molecule has 1 atom stereocenters. The first-order valence-corrected chi connectivity index (χ1v) is 8.92. The van der Waals surface area contributed by atoms with E-state index in [2.05, 4.69) is 27.8 Å². The van der Waals surface area contributed by atoms with Crippen molar-refractivity contribution in [3.8, 4) is 0 Å². The summed E-state index contributed by atoms with van der Waals surface area (Å²) in [7, 11) is 1.69. The molecule has 6 heteroatoms. The van der Waals surface area contributed by atoms with Crippen molar-refractivity contribution in [2.24, 2.45) is 4.99 Å². The summed E-state index contributed by atoms with van der Waals surface area (Å²) in [5, 5.41) is 17.2. The SMILES string of the molecule is CCNC(=NCc1ccccc1COC)NCC(C)(O)c1ccccc1.I. The summed E-state index contributed by atoms with van der Waals surface area (Å²) in [6.07, 6.45) is 0. The van der Waals surface area contributed by atoms with Gasteiger partial charge in [0, 0.05) is 13.7 Å². The number of aliphatic imine (C=N–C) groups is 1. The maximum atomic E-state index is 10.7. The Kier molecular flexibility index (Phi) is 10.4. The van der Waals surface area contributed by atoms with Gasteiger partial charge in [0.15, 0.2) is 5.96 Å². The van der Waals surface area contributed by atoms with E-state index in [1.165, 1.54) is 0 Å². The van der Waals surface area contributed by atoms with Crippen molar-refractivity contribution >= 4 is 29.9 Å². The van der Waals surface area contributed by atoms with E-state index < -0.39 is 5.60 Å². The van der Waals surface area contributed by atoms with Crippen LogP contribution in [0, 0.1) is 0 Å². The number of rotatable bonds is 8. The Bertz CT molecular complexity index is 706. The Labute approximate surface area is 179 Å². The Morgan fingerprint density at radius 3 is 2.30 bits per heavy atom. The molecule has 0 aliphatic heterocycles. The lowest BCUT2D eigenvalue weighted by molar-refractivity contribution is 0.0617. The molecule has 0 aromatic heterocycles. The first-order valence-electron chi connectivity index (χ1n) is 8.92. The highest BCUT2D eigenvalue weighted by Crippen LogP contribution is 2.19. The fourth-order valence-corrected chi connectivity index (χ4v) is 2.67. The van der Waals surface area contributed by atoms with Gasteiger partial charge in [-0.3, -0.25) is 0 Å². The molecule has 0 spiro atoms. The van der Waals surface area contributed by atoms with Crippen LogP contribution in [0.1, 0.15) is 30.5 Å². The Hall–Kier alpha value is -1.64. The van der Waals surface area contributed by atoms with Gasteiger partial charge in [-0.05, 0) is 30.5 Å². The van der Waals surface area contributed by atoms with Gasteiger partial charge < -0.3 is 20.5 Å². The smallest absolute Gasteiger partial charge is 0.191 e. The van der Waals surface area contributed by atoms with E-state index in [9.17, 15) is 5.11 Å². The van der Waals surface area contributed by atoms with Crippen molar-refractivity contribution < 1.29 is 9.84 Å². The van der Waals surface area contributed by atoms with E-state index in [0.29, 0.717) is 25.7 Å². The normalized spacial score (nSPS) is 13.4. The molecule has 0 saturated heterocycles. The molecule has 0 fully saturated rings. The number of ether oxygens (including phenoxy) is 1. The van der Waals surface area contributed by atoms with Gasteiger partial charge >= 0.3 is 0 Å². The lowest BCUT2D eigenvalue weighted by Gasteiger charge is -2.25. The Morgan fingerprint density at radius 2 is 1.67 bits per heavy atom. The molecule has 0 aliphatic rings. The Balaban J connectivity index is 0.00000364. The second kappa shape index (κ2) is 11.9. The molecule has 0 saturated carbocycles.